The first-order valence-electron chi connectivity index (χ1n) is 6.27. The molecule has 2 atom stereocenters. The summed E-state index contributed by atoms with van der Waals surface area (Å²) >= 11 is 0. The minimum atomic E-state index is -4.57. The van der Waals surface area contributed by atoms with Gasteiger partial charge >= 0.3 is 6.18 Å². The molecule has 4 nitrogen and oxygen atoms in total. The van der Waals surface area contributed by atoms with Gasteiger partial charge < -0.3 is 10.6 Å². The molecule has 0 aromatic carbocycles. The Balaban J connectivity index is 2.60. The van der Waals surface area contributed by atoms with Gasteiger partial charge in [0.1, 0.15) is 17.5 Å². The maximum absolute atomic E-state index is 13.0. The highest BCUT2D eigenvalue weighted by Crippen LogP contribution is 2.37. The molecule has 1 aromatic rings. The molecule has 1 aromatic heterocycles. The highest BCUT2D eigenvalue weighted by molar-refractivity contribution is 5.60. The third-order valence-electron chi connectivity index (χ3n) is 3.63. The van der Waals surface area contributed by atoms with E-state index in [-0.39, 0.29) is 23.6 Å². The number of anilines is 1. The Morgan fingerprint density at radius 2 is 2.15 bits per heavy atom. The lowest BCUT2D eigenvalue weighted by Crippen LogP contribution is -2.38. The summed E-state index contributed by atoms with van der Waals surface area (Å²) in [5, 5.41) is 9.12. The lowest BCUT2D eigenvalue weighted by atomic mass is 10.1. The van der Waals surface area contributed by atoms with Crippen LogP contribution in [0, 0.1) is 18.3 Å². The molecular formula is C13H15F3N4. The van der Waals surface area contributed by atoms with Crippen LogP contribution in [0.4, 0.5) is 19.0 Å². The number of alkyl halides is 3. The van der Waals surface area contributed by atoms with Crippen LogP contribution >= 0.6 is 0 Å². The van der Waals surface area contributed by atoms with E-state index in [0.29, 0.717) is 13.0 Å². The van der Waals surface area contributed by atoms with E-state index in [0.717, 1.165) is 6.07 Å². The van der Waals surface area contributed by atoms with Gasteiger partial charge in [-0.25, -0.2) is 4.98 Å². The van der Waals surface area contributed by atoms with E-state index in [1.165, 1.54) is 6.92 Å². The van der Waals surface area contributed by atoms with Crippen LogP contribution in [-0.2, 0) is 6.18 Å². The van der Waals surface area contributed by atoms with Crippen molar-refractivity contribution in [3.8, 4) is 6.07 Å². The van der Waals surface area contributed by atoms with Crippen LogP contribution in [0.15, 0.2) is 6.07 Å². The Bertz CT molecular complexity index is 562. The molecule has 2 rings (SSSR count). The van der Waals surface area contributed by atoms with Gasteiger partial charge in [-0.3, -0.25) is 0 Å². The lowest BCUT2D eigenvalue weighted by molar-refractivity contribution is -0.137. The number of aryl methyl sites for hydroxylation is 1. The molecule has 1 fully saturated rings. The number of nitrogens with zero attached hydrogens (tertiary/aromatic N) is 3. The number of halogens is 3. The van der Waals surface area contributed by atoms with Gasteiger partial charge in [0.05, 0.1) is 5.56 Å². The Labute approximate surface area is 115 Å². The van der Waals surface area contributed by atoms with Crippen molar-refractivity contribution < 1.29 is 13.2 Å². The summed E-state index contributed by atoms with van der Waals surface area (Å²) in [6, 6.07) is 2.28. The molecule has 1 aliphatic heterocycles. The van der Waals surface area contributed by atoms with Crippen molar-refractivity contribution in [2.24, 2.45) is 5.73 Å². The predicted molar refractivity (Wildman–Crippen MR) is 68.1 cm³/mol. The summed E-state index contributed by atoms with van der Waals surface area (Å²) in [5.74, 6) is 0.0836. The zero-order chi connectivity index (χ0) is 15.1. The lowest BCUT2D eigenvalue weighted by Gasteiger charge is -2.26. The third kappa shape index (κ3) is 2.43. The van der Waals surface area contributed by atoms with E-state index >= 15 is 0 Å². The smallest absolute Gasteiger partial charge is 0.351 e. The minimum absolute atomic E-state index is 0.0836. The first kappa shape index (κ1) is 14.6. The number of aromatic nitrogens is 1. The van der Waals surface area contributed by atoms with Crippen LogP contribution in [0.2, 0.25) is 0 Å². The number of hydrogen-bond acceptors (Lipinski definition) is 4. The molecule has 108 valence electrons. The van der Waals surface area contributed by atoms with Crippen LogP contribution in [0.5, 0.6) is 0 Å². The van der Waals surface area contributed by atoms with Crippen molar-refractivity contribution in [1.29, 1.82) is 5.26 Å². The van der Waals surface area contributed by atoms with Crippen LogP contribution < -0.4 is 10.6 Å². The van der Waals surface area contributed by atoms with E-state index in [1.807, 2.05) is 6.92 Å². The van der Waals surface area contributed by atoms with Gasteiger partial charge in [0.2, 0.25) is 0 Å². The van der Waals surface area contributed by atoms with E-state index in [4.69, 9.17) is 11.0 Å². The molecule has 0 saturated carbocycles. The van der Waals surface area contributed by atoms with Gasteiger partial charge in [0.25, 0.3) is 0 Å². The standard InChI is InChI=1S/C13H15F3N4/c1-7-5-10(13(14,15)16)9(6-17)12(19-7)20-4-3-11(18)8(20)2/h5,8,11H,3-4,18H2,1-2H3. The average Bonchev–Trinajstić information content (AvgIpc) is 2.68. The second-order valence-electron chi connectivity index (χ2n) is 5.01. The van der Waals surface area contributed by atoms with Crippen LogP contribution in [0.1, 0.15) is 30.2 Å². The number of hydrogen-bond donors (Lipinski definition) is 1. The normalized spacial score (nSPS) is 22.9. The topological polar surface area (TPSA) is 65.9 Å². The molecule has 0 bridgehead atoms. The van der Waals surface area contributed by atoms with E-state index in [2.05, 4.69) is 4.98 Å². The Hall–Kier alpha value is -1.81. The Morgan fingerprint density at radius 1 is 1.50 bits per heavy atom. The fourth-order valence-electron chi connectivity index (χ4n) is 2.46. The molecule has 2 unspecified atom stereocenters. The number of nitriles is 1. The molecule has 0 spiro atoms. The summed E-state index contributed by atoms with van der Waals surface area (Å²) in [6.07, 6.45) is -3.90. The minimum Gasteiger partial charge on any atom is -0.351 e. The quantitative estimate of drug-likeness (QED) is 0.858. The first-order chi connectivity index (χ1) is 9.25. The molecule has 0 amide bonds. The maximum atomic E-state index is 13.0. The highest BCUT2D eigenvalue weighted by Gasteiger charge is 2.38. The zero-order valence-corrected chi connectivity index (χ0v) is 11.2. The molecule has 7 heteroatoms. The molecule has 0 radical (unpaired) electrons. The van der Waals surface area contributed by atoms with Crippen molar-refractivity contribution in [1.82, 2.24) is 4.98 Å². The predicted octanol–water partition coefficient (Wildman–Crippen LogP) is 2.21. The largest absolute Gasteiger partial charge is 0.417 e. The van der Waals surface area contributed by atoms with Gasteiger partial charge in [-0.1, -0.05) is 0 Å². The zero-order valence-electron chi connectivity index (χ0n) is 11.2. The van der Waals surface area contributed by atoms with Crippen molar-refractivity contribution in [3.63, 3.8) is 0 Å². The number of pyridine rings is 1. The molecule has 20 heavy (non-hydrogen) atoms. The van der Waals surface area contributed by atoms with Crippen LogP contribution in [0.3, 0.4) is 0 Å². The van der Waals surface area contributed by atoms with Crippen LogP contribution in [0.25, 0.3) is 0 Å². The summed E-state index contributed by atoms with van der Waals surface area (Å²) in [6.45, 7) is 3.82. The fourth-order valence-corrected chi connectivity index (χ4v) is 2.46. The Kier molecular flexibility index (Phi) is 3.61. The second kappa shape index (κ2) is 4.94. The van der Waals surface area contributed by atoms with E-state index in [9.17, 15) is 13.2 Å². The molecule has 2 N–H and O–H groups in total. The van der Waals surface area contributed by atoms with Gasteiger partial charge in [-0.15, -0.1) is 0 Å². The summed E-state index contributed by atoms with van der Waals surface area (Å²) in [5.41, 5.74) is 4.76. The molecule has 1 aliphatic rings. The second-order valence-corrected chi connectivity index (χ2v) is 5.01. The summed E-state index contributed by atoms with van der Waals surface area (Å²) < 4.78 is 39.1. The molecule has 2 heterocycles. The van der Waals surface area contributed by atoms with Gasteiger partial charge in [0.15, 0.2) is 0 Å². The Morgan fingerprint density at radius 3 is 2.60 bits per heavy atom. The maximum Gasteiger partial charge on any atom is 0.417 e. The fraction of sp³-hybridized carbons (Fsp3) is 0.538. The van der Waals surface area contributed by atoms with E-state index < -0.39 is 17.3 Å². The summed E-state index contributed by atoms with van der Waals surface area (Å²) in [4.78, 5) is 5.82. The number of rotatable bonds is 1. The SMILES string of the molecule is Cc1cc(C(F)(F)F)c(C#N)c(N2CCC(N)C2C)n1. The van der Waals surface area contributed by atoms with Crippen molar-refractivity contribution in [3.05, 3.63) is 22.9 Å². The van der Waals surface area contributed by atoms with E-state index in [1.54, 1.807) is 11.0 Å². The molecule has 0 aliphatic carbocycles. The van der Waals surface area contributed by atoms with Crippen molar-refractivity contribution in [2.75, 3.05) is 11.4 Å². The third-order valence-corrected chi connectivity index (χ3v) is 3.63. The monoisotopic (exact) mass is 284 g/mol. The number of nitrogens with two attached hydrogens (primary N) is 1. The van der Waals surface area contributed by atoms with Gasteiger partial charge in [-0.05, 0) is 26.3 Å². The average molecular weight is 284 g/mol. The summed E-state index contributed by atoms with van der Waals surface area (Å²) in [7, 11) is 0. The molecule has 1 saturated heterocycles. The van der Waals surface area contributed by atoms with Crippen molar-refractivity contribution in [2.45, 2.75) is 38.5 Å². The first-order valence-corrected chi connectivity index (χ1v) is 6.27. The van der Waals surface area contributed by atoms with Crippen molar-refractivity contribution >= 4 is 5.82 Å². The molecular weight excluding hydrogens is 269 g/mol. The highest BCUT2D eigenvalue weighted by atomic mass is 19.4. The van der Waals surface area contributed by atoms with Gasteiger partial charge in [-0.2, -0.15) is 18.4 Å². The van der Waals surface area contributed by atoms with Crippen LogP contribution in [-0.4, -0.2) is 23.6 Å². The van der Waals surface area contributed by atoms with Gasteiger partial charge in [0, 0.05) is 24.3 Å².